The van der Waals surface area contributed by atoms with Crippen molar-refractivity contribution in [2.45, 2.75) is 45.1 Å². The first kappa shape index (κ1) is 17.8. The molecule has 1 aromatic rings. The van der Waals surface area contributed by atoms with Crippen molar-refractivity contribution in [3.05, 3.63) is 24.3 Å². The number of nitrogens with one attached hydrogen (secondary N) is 1. The Bertz CT molecular complexity index is 474. The minimum absolute atomic E-state index is 0.169. The molecular weight excluding hydrogens is 298 g/mol. The Balaban J connectivity index is 0.000000815. The SMILES string of the molecule is CC.c1cnc(C2(N3CCN(CC4CCNCC4)CC3)CC2)nc1. The van der Waals surface area contributed by atoms with Crippen LogP contribution in [0.5, 0.6) is 0 Å². The van der Waals surface area contributed by atoms with Crippen molar-refractivity contribution >= 4 is 0 Å². The number of aromatic nitrogens is 2. The molecule has 1 saturated carbocycles. The van der Waals surface area contributed by atoms with E-state index in [1.165, 1.54) is 71.5 Å². The highest BCUT2D eigenvalue weighted by Crippen LogP contribution is 2.49. The maximum absolute atomic E-state index is 4.53. The molecule has 1 aliphatic carbocycles. The van der Waals surface area contributed by atoms with Gasteiger partial charge in [-0.15, -0.1) is 0 Å². The molecule has 3 fully saturated rings. The van der Waals surface area contributed by atoms with Crippen LogP contribution >= 0.6 is 0 Å². The fraction of sp³-hybridized carbons (Fsp3) is 0.789. The van der Waals surface area contributed by atoms with Crippen LogP contribution in [0.2, 0.25) is 0 Å². The Morgan fingerprint density at radius 1 is 1.04 bits per heavy atom. The average Bonchev–Trinajstić information content (AvgIpc) is 3.48. The van der Waals surface area contributed by atoms with Crippen LogP contribution in [0.15, 0.2) is 18.5 Å². The van der Waals surface area contributed by atoms with Gasteiger partial charge in [0.05, 0.1) is 5.54 Å². The van der Waals surface area contributed by atoms with Crippen molar-refractivity contribution in [1.29, 1.82) is 0 Å². The van der Waals surface area contributed by atoms with E-state index in [0.29, 0.717) is 0 Å². The van der Waals surface area contributed by atoms with Crippen molar-refractivity contribution < 1.29 is 0 Å². The van der Waals surface area contributed by atoms with E-state index in [1.54, 1.807) is 0 Å². The Labute approximate surface area is 146 Å². The van der Waals surface area contributed by atoms with Gasteiger partial charge in [-0.3, -0.25) is 4.90 Å². The van der Waals surface area contributed by atoms with Crippen molar-refractivity contribution in [3.8, 4) is 0 Å². The predicted molar refractivity (Wildman–Crippen MR) is 97.9 cm³/mol. The Morgan fingerprint density at radius 2 is 1.67 bits per heavy atom. The largest absolute Gasteiger partial charge is 0.317 e. The number of hydrogen-bond donors (Lipinski definition) is 1. The summed E-state index contributed by atoms with van der Waals surface area (Å²) in [5.74, 6) is 1.95. The van der Waals surface area contributed by atoms with Crippen LogP contribution in [0.1, 0.15) is 45.4 Å². The summed E-state index contributed by atoms with van der Waals surface area (Å²) in [7, 11) is 0. The highest BCUT2D eigenvalue weighted by atomic mass is 15.3. The number of hydrogen-bond acceptors (Lipinski definition) is 5. The maximum Gasteiger partial charge on any atom is 0.148 e. The molecule has 1 aromatic heterocycles. The van der Waals surface area contributed by atoms with Crippen LogP contribution in [-0.4, -0.2) is 65.6 Å². The van der Waals surface area contributed by atoms with Crippen molar-refractivity contribution in [2.24, 2.45) is 5.92 Å². The normalized spacial score (nSPS) is 24.9. The van der Waals surface area contributed by atoms with Gasteiger partial charge in [0.2, 0.25) is 0 Å². The van der Waals surface area contributed by atoms with Gasteiger partial charge < -0.3 is 10.2 Å². The van der Waals surface area contributed by atoms with Crippen molar-refractivity contribution in [2.75, 3.05) is 45.8 Å². The lowest BCUT2D eigenvalue weighted by atomic mass is 9.97. The zero-order chi connectivity index (χ0) is 16.8. The van der Waals surface area contributed by atoms with Crippen LogP contribution in [0.4, 0.5) is 0 Å². The molecule has 0 unspecified atom stereocenters. The zero-order valence-electron chi connectivity index (χ0n) is 15.4. The molecule has 0 spiro atoms. The molecule has 2 saturated heterocycles. The first-order valence-corrected chi connectivity index (χ1v) is 9.82. The summed E-state index contributed by atoms with van der Waals surface area (Å²) in [6, 6.07) is 1.91. The van der Waals surface area contributed by atoms with Gasteiger partial charge in [-0.1, -0.05) is 13.8 Å². The molecule has 1 N–H and O–H groups in total. The fourth-order valence-electron chi connectivity index (χ4n) is 4.13. The Kier molecular flexibility index (Phi) is 6.19. The van der Waals surface area contributed by atoms with E-state index in [1.807, 2.05) is 32.3 Å². The molecule has 0 bridgehead atoms. The lowest BCUT2D eigenvalue weighted by Gasteiger charge is -2.40. The molecule has 3 heterocycles. The summed E-state index contributed by atoms with van der Waals surface area (Å²) in [5.41, 5.74) is 0.169. The van der Waals surface area contributed by atoms with Gasteiger partial charge in [-0.25, -0.2) is 9.97 Å². The van der Waals surface area contributed by atoms with Gasteiger partial charge in [0.15, 0.2) is 0 Å². The minimum atomic E-state index is 0.169. The number of nitrogens with zero attached hydrogens (tertiary/aromatic N) is 4. The van der Waals surface area contributed by atoms with E-state index in [-0.39, 0.29) is 5.54 Å². The monoisotopic (exact) mass is 331 g/mol. The maximum atomic E-state index is 4.53. The predicted octanol–water partition coefficient (Wildman–Crippen LogP) is 2.11. The van der Waals surface area contributed by atoms with E-state index in [0.717, 1.165) is 11.7 Å². The summed E-state index contributed by atoms with van der Waals surface area (Å²) in [5, 5.41) is 3.46. The molecule has 24 heavy (non-hydrogen) atoms. The highest BCUT2D eigenvalue weighted by molar-refractivity contribution is 5.17. The first-order chi connectivity index (χ1) is 11.9. The second kappa shape index (κ2) is 8.37. The molecule has 4 rings (SSSR count). The van der Waals surface area contributed by atoms with Crippen molar-refractivity contribution in [3.63, 3.8) is 0 Å². The van der Waals surface area contributed by atoms with E-state index >= 15 is 0 Å². The van der Waals surface area contributed by atoms with E-state index in [2.05, 4.69) is 25.1 Å². The van der Waals surface area contributed by atoms with Gasteiger partial charge >= 0.3 is 0 Å². The molecular formula is C19H33N5. The average molecular weight is 332 g/mol. The number of piperazine rings is 1. The van der Waals surface area contributed by atoms with Crippen LogP contribution in [0, 0.1) is 5.92 Å². The molecule has 2 aliphatic heterocycles. The number of piperidine rings is 1. The molecule has 3 aliphatic rings. The quantitative estimate of drug-likeness (QED) is 0.915. The standard InChI is InChI=1S/C17H27N5.C2H6/c1-6-19-16(20-7-1)17(4-5-17)22-12-10-21(11-13-22)14-15-2-8-18-9-3-15;1-2/h1,6-7,15,18H,2-5,8-14H2;1-2H3. The first-order valence-electron chi connectivity index (χ1n) is 9.82. The lowest BCUT2D eigenvalue weighted by Crippen LogP contribution is -2.52. The minimum Gasteiger partial charge on any atom is -0.317 e. The van der Waals surface area contributed by atoms with E-state index in [9.17, 15) is 0 Å². The molecule has 0 amide bonds. The third-order valence-electron chi connectivity index (χ3n) is 5.66. The molecule has 0 atom stereocenters. The van der Waals surface area contributed by atoms with Gasteiger partial charge in [-0.2, -0.15) is 0 Å². The van der Waals surface area contributed by atoms with Crippen LogP contribution < -0.4 is 5.32 Å². The smallest absolute Gasteiger partial charge is 0.148 e. The van der Waals surface area contributed by atoms with Gasteiger partial charge in [0.1, 0.15) is 5.82 Å². The summed E-state index contributed by atoms with van der Waals surface area (Å²) in [6.45, 7) is 12.5. The molecule has 134 valence electrons. The molecule has 5 nitrogen and oxygen atoms in total. The van der Waals surface area contributed by atoms with Gasteiger partial charge in [0.25, 0.3) is 0 Å². The third kappa shape index (κ3) is 3.95. The van der Waals surface area contributed by atoms with Crippen LogP contribution in [-0.2, 0) is 5.54 Å². The summed E-state index contributed by atoms with van der Waals surface area (Å²) >= 11 is 0. The topological polar surface area (TPSA) is 44.3 Å². The van der Waals surface area contributed by atoms with Crippen molar-refractivity contribution in [1.82, 2.24) is 25.1 Å². The zero-order valence-corrected chi connectivity index (χ0v) is 15.4. The lowest BCUT2D eigenvalue weighted by molar-refractivity contribution is 0.0677. The van der Waals surface area contributed by atoms with Gasteiger partial charge in [0, 0.05) is 45.1 Å². The fourth-order valence-corrected chi connectivity index (χ4v) is 4.13. The molecule has 5 heteroatoms. The second-order valence-corrected chi connectivity index (χ2v) is 7.09. The summed E-state index contributed by atoms with van der Waals surface area (Å²) < 4.78 is 0. The Morgan fingerprint density at radius 3 is 2.25 bits per heavy atom. The molecule has 0 radical (unpaired) electrons. The third-order valence-corrected chi connectivity index (χ3v) is 5.66. The van der Waals surface area contributed by atoms with E-state index < -0.39 is 0 Å². The van der Waals surface area contributed by atoms with Crippen LogP contribution in [0.3, 0.4) is 0 Å². The number of rotatable bonds is 4. The van der Waals surface area contributed by atoms with Crippen LogP contribution in [0.25, 0.3) is 0 Å². The Hall–Kier alpha value is -1.04. The van der Waals surface area contributed by atoms with E-state index in [4.69, 9.17) is 0 Å². The summed E-state index contributed by atoms with van der Waals surface area (Å²) in [6.07, 6.45) is 8.92. The summed E-state index contributed by atoms with van der Waals surface area (Å²) in [4.78, 5) is 14.4. The van der Waals surface area contributed by atoms with Gasteiger partial charge in [-0.05, 0) is 50.8 Å². The second-order valence-electron chi connectivity index (χ2n) is 7.09. The highest BCUT2D eigenvalue weighted by Gasteiger charge is 2.52. The molecule has 0 aromatic carbocycles.